The van der Waals surface area contributed by atoms with Gasteiger partial charge in [0, 0.05) is 6.20 Å². The summed E-state index contributed by atoms with van der Waals surface area (Å²) in [6, 6.07) is 9.11. The maximum atomic E-state index is 12.3. The van der Waals surface area contributed by atoms with Crippen LogP contribution in [0.15, 0.2) is 51.9 Å². The van der Waals surface area contributed by atoms with Crippen LogP contribution in [0.3, 0.4) is 0 Å². The Morgan fingerprint density at radius 1 is 1.16 bits per heavy atom. The molecule has 0 amide bonds. The number of hydrogen-bond donors (Lipinski definition) is 1. The zero-order valence-electron chi connectivity index (χ0n) is 13.4. The normalized spacial score (nSPS) is 11.1. The molecule has 0 fully saturated rings. The summed E-state index contributed by atoms with van der Waals surface area (Å²) in [4.78, 5) is 29.3. The van der Waals surface area contributed by atoms with Gasteiger partial charge >= 0.3 is 0 Å². The van der Waals surface area contributed by atoms with Crippen LogP contribution in [-0.2, 0) is 6.54 Å². The Morgan fingerprint density at radius 2 is 2.04 bits per heavy atom. The lowest BCUT2D eigenvalue weighted by atomic mass is 10.2. The maximum Gasteiger partial charge on any atom is 0.271 e. The molecule has 4 heterocycles. The molecule has 0 atom stereocenters. The molecule has 0 aliphatic heterocycles. The molecule has 4 rings (SSSR count). The fourth-order valence-electron chi connectivity index (χ4n) is 2.60. The van der Waals surface area contributed by atoms with E-state index in [1.165, 1.54) is 10.8 Å². The number of pyridine rings is 1. The summed E-state index contributed by atoms with van der Waals surface area (Å²) in [5.41, 5.74) is 7.53. The Kier molecular flexibility index (Phi) is 3.50. The molecule has 0 aliphatic rings. The highest BCUT2D eigenvalue weighted by Gasteiger charge is 2.17. The number of fused-ring (bicyclic) bond motifs is 1. The summed E-state index contributed by atoms with van der Waals surface area (Å²) in [6.45, 7) is 2.09. The average molecular weight is 334 g/mol. The Labute approximate surface area is 142 Å². The Hall–Kier alpha value is -3.55. The Bertz CT molecular complexity index is 1120. The summed E-state index contributed by atoms with van der Waals surface area (Å²) < 4.78 is 7.11. The van der Waals surface area contributed by atoms with Crippen molar-refractivity contribution in [3.05, 3.63) is 64.5 Å². The van der Waals surface area contributed by atoms with E-state index in [1.807, 2.05) is 31.2 Å². The second-order valence-electron chi connectivity index (χ2n) is 5.52. The van der Waals surface area contributed by atoms with Gasteiger partial charge in [0.25, 0.3) is 5.56 Å². The van der Waals surface area contributed by atoms with E-state index in [9.17, 15) is 4.79 Å². The predicted molar refractivity (Wildman–Crippen MR) is 91.8 cm³/mol. The van der Waals surface area contributed by atoms with Crippen LogP contribution in [0, 0.1) is 6.92 Å². The SMILES string of the molecule is Cc1ccc(-c2nc(N)nc3c2ncc(=O)n3Cc2ccccn2)o1. The van der Waals surface area contributed by atoms with Gasteiger partial charge < -0.3 is 10.2 Å². The first kappa shape index (κ1) is 15.0. The number of anilines is 1. The van der Waals surface area contributed by atoms with Gasteiger partial charge in [-0.25, -0.2) is 9.97 Å². The number of nitrogens with two attached hydrogens (primary N) is 1. The van der Waals surface area contributed by atoms with Gasteiger partial charge in [-0.15, -0.1) is 0 Å². The van der Waals surface area contributed by atoms with Crippen LogP contribution in [-0.4, -0.2) is 24.5 Å². The predicted octanol–water partition coefficient (Wildman–Crippen LogP) is 1.78. The first-order valence-electron chi connectivity index (χ1n) is 7.61. The zero-order chi connectivity index (χ0) is 17.4. The number of nitrogen functional groups attached to an aromatic ring is 1. The van der Waals surface area contributed by atoms with Crippen molar-refractivity contribution in [2.45, 2.75) is 13.5 Å². The van der Waals surface area contributed by atoms with Crippen molar-refractivity contribution in [1.82, 2.24) is 24.5 Å². The molecule has 0 aromatic carbocycles. The van der Waals surface area contributed by atoms with Gasteiger partial charge in [-0.05, 0) is 31.2 Å². The Balaban J connectivity index is 1.96. The standard InChI is InChI=1S/C17H14N6O2/c1-10-5-6-12(25-10)14-15-16(22-17(18)21-14)23(13(24)8-20-15)9-11-4-2-3-7-19-11/h2-8H,9H2,1H3,(H2,18,21,22). The molecule has 0 bridgehead atoms. The number of rotatable bonds is 3. The smallest absolute Gasteiger partial charge is 0.271 e. The molecule has 124 valence electrons. The van der Waals surface area contributed by atoms with E-state index in [0.717, 1.165) is 11.5 Å². The minimum absolute atomic E-state index is 0.0405. The van der Waals surface area contributed by atoms with Gasteiger partial charge in [0.15, 0.2) is 11.4 Å². The van der Waals surface area contributed by atoms with E-state index in [-0.39, 0.29) is 18.1 Å². The van der Waals surface area contributed by atoms with Crippen LogP contribution in [0.25, 0.3) is 22.6 Å². The van der Waals surface area contributed by atoms with Gasteiger partial charge in [0.1, 0.15) is 17.0 Å². The molecule has 8 heteroatoms. The van der Waals surface area contributed by atoms with Gasteiger partial charge in [-0.2, -0.15) is 4.98 Å². The molecule has 0 saturated heterocycles. The molecule has 25 heavy (non-hydrogen) atoms. The third-order valence-corrected chi connectivity index (χ3v) is 3.73. The van der Waals surface area contributed by atoms with Crippen LogP contribution in [0.5, 0.6) is 0 Å². The van der Waals surface area contributed by atoms with Crippen molar-refractivity contribution in [2.75, 3.05) is 5.73 Å². The molecule has 0 aliphatic carbocycles. The molecule has 2 N–H and O–H groups in total. The van der Waals surface area contributed by atoms with Crippen molar-refractivity contribution in [3.8, 4) is 11.5 Å². The molecular formula is C17H14N6O2. The van der Waals surface area contributed by atoms with E-state index >= 15 is 0 Å². The second kappa shape index (κ2) is 5.82. The summed E-state index contributed by atoms with van der Waals surface area (Å²) >= 11 is 0. The first-order chi connectivity index (χ1) is 12.1. The van der Waals surface area contributed by atoms with Gasteiger partial charge in [0.05, 0.1) is 18.4 Å². The summed E-state index contributed by atoms with van der Waals surface area (Å²) in [5.74, 6) is 1.30. The second-order valence-corrected chi connectivity index (χ2v) is 5.52. The lowest BCUT2D eigenvalue weighted by Crippen LogP contribution is -2.23. The van der Waals surface area contributed by atoms with Crippen molar-refractivity contribution in [2.24, 2.45) is 0 Å². The molecule has 0 spiro atoms. The van der Waals surface area contributed by atoms with Crippen LogP contribution in [0.1, 0.15) is 11.5 Å². The minimum Gasteiger partial charge on any atom is -0.460 e. The molecule has 0 unspecified atom stereocenters. The van der Waals surface area contributed by atoms with Crippen molar-refractivity contribution < 1.29 is 4.42 Å². The number of aryl methyl sites for hydroxylation is 1. The number of hydrogen-bond acceptors (Lipinski definition) is 7. The molecule has 0 saturated carbocycles. The molecule has 8 nitrogen and oxygen atoms in total. The minimum atomic E-state index is -0.294. The van der Waals surface area contributed by atoms with E-state index < -0.39 is 0 Å². The highest BCUT2D eigenvalue weighted by atomic mass is 16.3. The molecule has 0 radical (unpaired) electrons. The van der Waals surface area contributed by atoms with Crippen molar-refractivity contribution in [3.63, 3.8) is 0 Å². The van der Waals surface area contributed by atoms with Crippen molar-refractivity contribution in [1.29, 1.82) is 0 Å². The lowest BCUT2D eigenvalue weighted by Gasteiger charge is -2.10. The quantitative estimate of drug-likeness (QED) is 0.607. The van der Waals surface area contributed by atoms with Gasteiger partial charge in [0.2, 0.25) is 5.95 Å². The van der Waals surface area contributed by atoms with Crippen LogP contribution in [0.2, 0.25) is 0 Å². The number of nitrogens with zero attached hydrogens (tertiary/aromatic N) is 5. The topological polar surface area (TPSA) is 113 Å². The molecular weight excluding hydrogens is 320 g/mol. The zero-order valence-corrected chi connectivity index (χ0v) is 13.4. The van der Waals surface area contributed by atoms with Gasteiger partial charge in [-0.1, -0.05) is 6.07 Å². The number of furan rings is 1. The number of aromatic nitrogens is 5. The van der Waals surface area contributed by atoms with E-state index in [1.54, 1.807) is 12.3 Å². The fraction of sp³-hybridized carbons (Fsp3) is 0.118. The monoisotopic (exact) mass is 334 g/mol. The highest BCUT2D eigenvalue weighted by molar-refractivity contribution is 5.86. The Morgan fingerprint density at radius 3 is 2.76 bits per heavy atom. The third-order valence-electron chi connectivity index (χ3n) is 3.73. The molecule has 4 aromatic rings. The summed E-state index contributed by atoms with van der Waals surface area (Å²) in [5, 5.41) is 0. The average Bonchev–Trinajstić information content (AvgIpc) is 3.04. The first-order valence-corrected chi connectivity index (χ1v) is 7.61. The summed E-state index contributed by atoms with van der Waals surface area (Å²) in [6.07, 6.45) is 2.91. The van der Waals surface area contributed by atoms with Gasteiger partial charge in [-0.3, -0.25) is 14.3 Å². The fourth-order valence-corrected chi connectivity index (χ4v) is 2.60. The van der Waals surface area contributed by atoms with Crippen LogP contribution >= 0.6 is 0 Å². The largest absolute Gasteiger partial charge is 0.460 e. The van der Waals surface area contributed by atoms with Crippen molar-refractivity contribution >= 4 is 17.1 Å². The van der Waals surface area contributed by atoms with E-state index in [4.69, 9.17) is 10.2 Å². The van der Waals surface area contributed by atoms with Crippen LogP contribution in [0.4, 0.5) is 5.95 Å². The highest BCUT2D eigenvalue weighted by Crippen LogP contribution is 2.26. The lowest BCUT2D eigenvalue weighted by molar-refractivity contribution is 0.547. The third kappa shape index (κ3) is 2.74. The van der Waals surface area contributed by atoms with E-state index in [2.05, 4.69) is 19.9 Å². The maximum absolute atomic E-state index is 12.3. The van der Waals surface area contributed by atoms with Crippen LogP contribution < -0.4 is 11.3 Å². The summed E-state index contributed by atoms with van der Waals surface area (Å²) in [7, 11) is 0. The van der Waals surface area contributed by atoms with E-state index in [0.29, 0.717) is 22.6 Å². The molecule has 4 aromatic heterocycles.